The topological polar surface area (TPSA) is 92.8 Å². The summed E-state index contributed by atoms with van der Waals surface area (Å²) in [5, 5.41) is 0. The minimum atomic E-state index is -3.68. The van der Waals surface area contributed by atoms with Gasteiger partial charge in [-0.25, -0.2) is 21.6 Å². The molecule has 176 valence electrons. The smallest absolute Gasteiger partial charge is 0.243 e. The van der Waals surface area contributed by atoms with Crippen molar-refractivity contribution in [2.75, 3.05) is 19.7 Å². The molecule has 1 saturated heterocycles. The molecular weight excluding hydrogens is 448 g/mol. The number of ether oxygens (including phenoxy) is 1. The molecule has 9 heteroatoms. The third-order valence-corrected chi connectivity index (χ3v) is 9.02. The Bertz CT molecular complexity index is 1080. The zero-order chi connectivity index (χ0) is 23.2. The molecule has 0 bridgehead atoms. The van der Waals surface area contributed by atoms with E-state index in [0.717, 1.165) is 31.2 Å². The molecule has 1 heterocycles. The van der Waals surface area contributed by atoms with Crippen molar-refractivity contribution >= 4 is 20.0 Å². The predicted molar refractivity (Wildman–Crippen MR) is 125 cm³/mol. The molecule has 32 heavy (non-hydrogen) atoms. The Hall–Kier alpha value is -1.94. The molecule has 1 unspecified atom stereocenters. The van der Waals surface area contributed by atoms with Crippen LogP contribution in [0.3, 0.4) is 0 Å². The second-order valence-electron chi connectivity index (χ2n) is 8.08. The summed E-state index contributed by atoms with van der Waals surface area (Å²) >= 11 is 0. The lowest BCUT2D eigenvalue weighted by atomic mass is 10.0. The van der Waals surface area contributed by atoms with Crippen LogP contribution in [-0.2, 0) is 20.0 Å². The molecule has 2 aromatic rings. The van der Waals surface area contributed by atoms with Gasteiger partial charge in [0, 0.05) is 19.1 Å². The van der Waals surface area contributed by atoms with Gasteiger partial charge in [0.15, 0.2) is 0 Å². The first-order valence-corrected chi connectivity index (χ1v) is 14.0. The Kier molecular flexibility index (Phi) is 8.32. The summed E-state index contributed by atoms with van der Waals surface area (Å²) in [5.41, 5.74) is 0.999. The summed E-state index contributed by atoms with van der Waals surface area (Å²) in [6.07, 6.45) is 3.74. The minimum absolute atomic E-state index is 0.161. The highest BCUT2D eigenvalue weighted by Crippen LogP contribution is 2.27. The SMILES string of the molecule is CCCOc1ccc(S(=O)(=O)NCCC2CCCCN2S(=O)(=O)c2ccc(C)cc2)cc1. The average Bonchev–Trinajstić information content (AvgIpc) is 2.78. The largest absolute Gasteiger partial charge is 0.494 e. The summed E-state index contributed by atoms with van der Waals surface area (Å²) in [7, 11) is -7.30. The van der Waals surface area contributed by atoms with Crippen LogP contribution in [0.25, 0.3) is 0 Å². The van der Waals surface area contributed by atoms with Crippen LogP contribution in [0.15, 0.2) is 58.3 Å². The first-order valence-electron chi connectivity index (χ1n) is 11.0. The number of piperidine rings is 1. The monoisotopic (exact) mass is 480 g/mol. The van der Waals surface area contributed by atoms with Crippen molar-refractivity contribution in [3.8, 4) is 5.75 Å². The molecule has 0 aromatic heterocycles. The van der Waals surface area contributed by atoms with E-state index in [1.807, 2.05) is 13.8 Å². The lowest BCUT2D eigenvalue weighted by molar-refractivity contribution is 0.242. The van der Waals surface area contributed by atoms with E-state index in [1.165, 1.54) is 16.4 Å². The number of sulfonamides is 2. The number of rotatable bonds is 10. The average molecular weight is 481 g/mol. The number of hydrogen-bond donors (Lipinski definition) is 1. The van der Waals surface area contributed by atoms with Gasteiger partial charge < -0.3 is 4.74 Å². The van der Waals surface area contributed by atoms with Gasteiger partial charge in [0.25, 0.3) is 0 Å². The van der Waals surface area contributed by atoms with Crippen LogP contribution >= 0.6 is 0 Å². The van der Waals surface area contributed by atoms with Gasteiger partial charge in [-0.15, -0.1) is 0 Å². The zero-order valence-corrected chi connectivity index (χ0v) is 20.3. The Morgan fingerprint density at radius 1 is 0.969 bits per heavy atom. The molecule has 0 amide bonds. The summed E-state index contributed by atoms with van der Waals surface area (Å²) in [5.74, 6) is 0.630. The van der Waals surface area contributed by atoms with E-state index < -0.39 is 20.0 Å². The molecule has 1 aliphatic heterocycles. The van der Waals surface area contributed by atoms with Crippen LogP contribution in [0.2, 0.25) is 0 Å². The Morgan fingerprint density at radius 2 is 1.62 bits per heavy atom. The van der Waals surface area contributed by atoms with Crippen LogP contribution in [0.1, 0.15) is 44.6 Å². The lowest BCUT2D eigenvalue weighted by Crippen LogP contribution is -2.45. The first kappa shape index (κ1) is 24.7. The van der Waals surface area contributed by atoms with Crippen molar-refractivity contribution in [3.63, 3.8) is 0 Å². The fraction of sp³-hybridized carbons (Fsp3) is 0.478. The van der Waals surface area contributed by atoms with Crippen LogP contribution < -0.4 is 9.46 Å². The second-order valence-corrected chi connectivity index (χ2v) is 11.7. The van der Waals surface area contributed by atoms with E-state index in [4.69, 9.17) is 4.74 Å². The van der Waals surface area contributed by atoms with Crippen molar-refractivity contribution in [2.24, 2.45) is 0 Å². The summed E-state index contributed by atoms with van der Waals surface area (Å²) in [6.45, 7) is 5.11. The fourth-order valence-corrected chi connectivity index (χ4v) is 6.57. The van der Waals surface area contributed by atoms with E-state index in [1.54, 1.807) is 36.4 Å². The van der Waals surface area contributed by atoms with E-state index in [2.05, 4.69) is 4.72 Å². The number of aryl methyl sites for hydroxylation is 1. The van der Waals surface area contributed by atoms with Crippen molar-refractivity contribution in [1.82, 2.24) is 9.03 Å². The fourth-order valence-electron chi connectivity index (χ4n) is 3.80. The van der Waals surface area contributed by atoms with Gasteiger partial charge >= 0.3 is 0 Å². The van der Waals surface area contributed by atoms with Gasteiger partial charge in [0.05, 0.1) is 16.4 Å². The quantitative estimate of drug-likeness (QED) is 0.560. The van der Waals surface area contributed by atoms with Crippen LogP contribution in [0, 0.1) is 6.92 Å². The summed E-state index contributed by atoms with van der Waals surface area (Å²) in [4.78, 5) is 0.440. The van der Waals surface area contributed by atoms with Crippen LogP contribution in [0.5, 0.6) is 5.75 Å². The maximum atomic E-state index is 13.2. The van der Waals surface area contributed by atoms with Crippen LogP contribution in [0.4, 0.5) is 0 Å². The van der Waals surface area contributed by atoms with E-state index in [0.29, 0.717) is 25.3 Å². The second kappa shape index (κ2) is 10.8. The molecule has 1 fully saturated rings. The van der Waals surface area contributed by atoms with Gasteiger partial charge in [-0.2, -0.15) is 4.31 Å². The Morgan fingerprint density at radius 3 is 2.28 bits per heavy atom. The number of nitrogens with one attached hydrogen (secondary N) is 1. The van der Waals surface area contributed by atoms with Gasteiger partial charge in [-0.3, -0.25) is 0 Å². The maximum absolute atomic E-state index is 13.2. The molecule has 0 saturated carbocycles. The van der Waals surface area contributed by atoms with Crippen LogP contribution in [-0.4, -0.2) is 46.9 Å². The first-order chi connectivity index (χ1) is 15.2. The molecule has 1 aliphatic rings. The molecule has 3 rings (SSSR count). The standard InChI is InChI=1S/C23H32N2O5S2/c1-3-18-30-21-9-13-22(14-10-21)31(26,27)24-16-15-20-6-4-5-17-25(20)32(28,29)23-11-7-19(2)8-12-23/h7-14,20,24H,3-6,15-18H2,1-2H3. The van der Waals surface area contributed by atoms with E-state index in [-0.39, 0.29) is 22.4 Å². The highest BCUT2D eigenvalue weighted by molar-refractivity contribution is 7.89. The van der Waals surface area contributed by atoms with E-state index in [9.17, 15) is 16.8 Å². The van der Waals surface area contributed by atoms with E-state index >= 15 is 0 Å². The molecule has 1 atom stereocenters. The van der Waals surface area contributed by atoms with Gasteiger partial charge in [-0.05, 0) is 69.0 Å². The van der Waals surface area contributed by atoms with Crippen molar-refractivity contribution in [3.05, 3.63) is 54.1 Å². The summed E-state index contributed by atoms with van der Waals surface area (Å²) < 4.78 is 61.3. The van der Waals surface area contributed by atoms with Gasteiger partial charge in [-0.1, -0.05) is 31.0 Å². The molecule has 0 aliphatic carbocycles. The van der Waals surface area contributed by atoms with Crippen molar-refractivity contribution < 1.29 is 21.6 Å². The van der Waals surface area contributed by atoms with Gasteiger partial charge in [0.1, 0.15) is 5.75 Å². The number of hydrogen-bond acceptors (Lipinski definition) is 5. The Labute approximate surface area is 191 Å². The molecular formula is C23H32N2O5S2. The van der Waals surface area contributed by atoms with Crippen molar-refractivity contribution in [2.45, 2.75) is 61.8 Å². The molecule has 1 N–H and O–H groups in total. The third-order valence-electron chi connectivity index (χ3n) is 5.58. The highest BCUT2D eigenvalue weighted by Gasteiger charge is 2.33. The maximum Gasteiger partial charge on any atom is 0.243 e. The molecule has 0 radical (unpaired) electrons. The number of benzene rings is 2. The minimum Gasteiger partial charge on any atom is -0.494 e. The van der Waals surface area contributed by atoms with Gasteiger partial charge in [0.2, 0.25) is 20.0 Å². The highest BCUT2D eigenvalue weighted by atomic mass is 32.2. The predicted octanol–water partition coefficient (Wildman–Crippen LogP) is 3.70. The zero-order valence-electron chi connectivity index (χ0n) is 18.7. The lowest BCUT2D eigenvalue weighted by Gasteiger charge is -2.34. The third kappa shape index (κ3) is 6.10. The van der Waals surface area contributed by atoms with Crippen molar-refractivity contribution in [1.29, 1.82) is 0 Å². The molecule has 2 aromatic carbocycles. The molecule has 0 spiro atoms. The molecule has 7 nitrogen and oxygen atoms in total. The Balaban J connectivity index is 1.63. The summed E-state index contributed by atoms with van der Waals surface area (Å²) in [6, 6.07) is 12.9. The number of nitrogens with zero attached hydrogens (tertiary/aromatic N) is 1. The normalized spacial score (nSPS) is 17.9.